The first-order chi connectivity index (χ1) is 13.6. The Morgan fingerprint density at radius 3 is 2.43 bits per heavy atom. The Morgan fingerprint density at radius 1 is 1.00 bits per heavy atom. The fourth-order valence-corrected chi connectivity index (χ4v) is 4.28. The van der Waals surface area contributed by atoms with E-state index in [0.29, 0.717) is 18.7 Å². The number of aryl methyl sites for hydroxylation is 1. The SMILES string of the molecule is CCN(CC)C(=O)CN1C(=O)c2ccccc2[C@H]1c1cn(C)c2ccccc12. The summed E-state index contributed by atoms with van der Waals surface area (Å²) in [5.74, 6) is -0.0922. The molecule has 4 rings (SSSR count). The Hall–Kier alpha value is -3.08. The number of amides is 2. The second-order valence-electron chi connectivity index (χ2n) is 7.20. The first-order valence-corrected chi connectivity index (χ1v) is 9.78. The molecule has 5 heteroatoms. The number of hydrogen-bond donors (Lipinski definition) is 0. The van der Waals surface area contributed by atoms with E-state index in [1.807, 2.05) is 57.3 Å². The predicted molar refractivity (Wildman–Crippen MR) is 110 cm³/mol. The van der Waals surface area contributed by atoms with E-state index in [1.165, 1.54) is 0 Å². The van der Waals surface area contributed by atoms with Crippen LogP contribution in [-0.4, -0.2) is 45.8 Å². The van der Waals surface area contributed by atoms with E-state index in [0.717, 1.165) is 22.0 Å². The molecule has 0 bridgehead atoms. The van der Waals surface area contributed by atoms with Gasteiger partial charge in [-0.25, -0.2) is 0 Å². The molecule has 0 radical (unpaired) electrons. The van der Waals surface area contributed by atoms with Gasteiger partial charge in [-0.1, -0.05) is 36.4 Å². The van der Waals surface area contributed by atoms with Crippen molar-refractivity contribution in [1.82, 2.24) is 14.4 Å². The van der Waals surface area contributed by atoms with Gasteiger partial charge in [0, 0.05) is 48.4 Å². The van der Waals surface area contributed by atoms with Crippen LogP contribution in [0.25, 0.3) is 10.9 Å². The Bertz CT molecular complexity index is 1050. The number of aromatic nitrogens is 1. The highest BCUT2D eigenvalue weighted by atomic mass is 16.2. The number of benzene rings is 2. The summed E-state index contributed by atoms with van der Waals surface area (Å²) in [7, 11) is 2.01. The average Bonchev–Trinajstić information content (AvgIpc) is 3.18. The van der Waals surface area contributed by atoms with Crippen molar-refractivity contribution in [3.8, 4) is 0 Å². The minimum absolute atomic E-state index is 0.0172. The van der Waals surface area contributed by atoms with Crippen LogP contribution in [0.3, 0.4) is 0 Å². The molecule has 2 heterocycles. The lowest BCUT2D eigenvalue weighted by atomic mass is 9.97. The van der Waals surface area contributed by atoms with Crippen LogP contribution in [0.2, 0.25) is 0 Å². The van der Waals surface area contributed by atoms with Crippen LogP contribution in [0.1, 0.15) is 41.4 Å². The molecule has 1 aromatic heterocycles. The summed E-state index contributed by atoms with van der Waals surface area (Å²) in [4.78, 5) is 29.5. The third-order valence-corrected chi connectivity index (χ3v) is 5.70. The minimum Gasteiger partial charge on any atom is -0.350 e. The maximum absolute atomic E-state index is 13.2. The van der Waals surface area contributed by atoms with E-state index in [-0.39, 0.29) is 24.4 Å². The Kier molecular flexibility index (Phi) is 4.67. The van der Waals surface area contributed by atoms with Crippen LogP contribution in [0, 0.1) is 0 Å². The summed E-state index contributed by atoms with van der Waals surface area (Å²) in [6.07, 6.45) is 2.08. The van der Waals surface area contributed by atoms with E-state index < -0.39 is 0 Å². The lowest BCUT2D eigenvalue weighted by Crippen LogP contribution is -2.42. The highest BCUT2D eigenvalue weighted by Gasteiger charge is 2.40. The van der Waals surface area contributed by atoms with Crippen LogP contribution in [0.5, 0.6) is 0 Å². The van der Waals surface area contributed by atoms with Gasteiger partial charge >= 0.3 is 0 Å². The summed E-state index contributed by atoms with van der Waals surface area (Å²) >= 11 is 0. The van der Waals surface area contributed by atoms with Gasteiger partial charge in [-0.05, 0) is 31.5 Å². The molecular weight excluding hydrogens is 350 g/mol. The molecule has 0 saturated heterocycles. The molecule has 28 heavy (non-hydrogen) atoms. The first-order valence-electron chi connectivity index (χ1n) is 9.78. The van der Waals surface area contributed by atoms with Crippen LogP contribution in [-0.2, 0) is 11.8 Å². The lowest BCUT2D eigenvalue weighted by Gasteiger charge is -2.28. The predicted octanol–water partition coefficient (Wildman–Crippen LogP) is 3.59. The number of likely N-dealkylation sites (N-methyl/N-ethyl adjacent to an activating group) is 1. The van der Waals surface area contributed by atoms with Crippen LogP contribution < -0.4 is 0 Å². The van der Waals surface area contributed by atoms with Crippen LogP contribution in [0.4, 0.5) is 0 Å². The molecule has 2 aromatic carbocycles. The van der Waals surface area contributed by atoms with E-state index in [9.17, 15) is 9.59 Å². The van der Waals surface area contributed by atoms with Gasteiger partial charge in [0.2, 0.25) is 5.91 Å². The molecule has 1 aliphatic rings. The fraction of sp³-hybridized carbons (Fsp3) is 0.304. The molecule has 5 nitrogen and oxygen atoms in total. The van der Waals surface area contributed by atoms with Gasteiger partial charge in [-0.3, -0.25) is 9.59 Å². The Labute approximate surface area is 165 Å². The Balaban J connectivity index is 1.83. The number of hydrogen-bond acceptors (Lipinski definition) is 2. The second kappa shape index (κ2) is 7.15. The molecule has 0 saturated carbocycles. The molecule has 1 aliphatic heterocycles. The zero-order valence-electron chi connectivity index (χ0n) is 16.6. The molecule has 0 spiro atoms. The zero-order chi connectivity index (χ0) is 19.8. The molecule has 2 amide bonds. The molecule has 0 N–H and O–H groups in total. The van der Waals surface area contributed by atoms with Crippen molar-refractivity contribution in [3.05, 3.63) is 71.4 Å². The topological polar surface area (TPSA) is 45.6 Å². The largest absolute Gasteiger partial charge is 0.350 e. The summed E-state index contributed by atoms with van der Waals surface area (Å²) in [5.41, 5.74) is 3.83. The van der Waals surface area contributed by atoms with Crippen molar-refractivity contribution < 1.29 is 9.59 Å². The van der Waals surface area contributed by atoms with E-state index >= 15 is 0 Å². The number of fused-ring (bicyclic) bond motifs is 2. The Morgan fingerprint density at radius 2 is 1.68 bits per heavy atom. The normalized spacial score (nSPS) is 15.9. The number of carbonyl (C=O) groups is 2. The lowest BCUT2D eigenvalue weighted by molar-refractivity contribution is -0.131. The number of carbonyl (C=O) groups excluding carboxylic acids is 2. The number of nitrogens with zero attached hydrogens (tertiary/aromatic N) is 3. The third-order valence-electron chi connectivity index (χ3n) is 5.70. The fourth-order valence-electron chi connectivity index (χ4n) is 4.28. The summed E-state index contributed by atoms with van der Waals surface area (Å²) in [6, 6.07) is 15.6. The maximum atomic E-state index is 13.2. The van der Waals surface area contributed by atoms with Gasteiger partial charge in [-0.15, -0.1) is 0 Å². The smallest absolute Gasteiger partial charge is 0.255 e. The van der Waals surface area contributed by atoms with Crippen molar-refractivity contribution in [1.29, 1.82) is 0 Å². The van der Waals surface area contributed by atoms with Gasteiger partial charge in [0.15, 0.2) is 0 Å². The van der Waals surface area contributed by atoms with Crippen molar-refractivity contribution in [2.24, 2.45) is 7.05 Å². The highest BCUT2D eigenvalue weighted by molar-refractivity contribution is 6.02. The van der Waals surface area contributed by atoms with E-state index in [2.05, 4.69) is 22.9 Å². The third kappa shape index (κ3) is 2.78. The quantitative estimate of drug-likeness (QED) is 0.684. The van der Waals surface area contributed by atoms with Crippen molar-refractivity contribution in [3.63, 3.8) is 0 Å². The van der Waals surface area contributed by atoms with Gasteiger partial charge in [0.25, 0.3) is 5.91 Å². The number of para-hydroxylation sites is 1. The minimum atomic E-state index is -0.255. The van der Waals surface area contributed by atoms with Gasteiger partial charge < -0.3 is 14.4 Å². The maximum Gasteiger partial charge on any atom is 0.255 e. The van der Waals surface area contributed by atoms with Crippen molar-refractivity contribution >= 4 is 22.7 Å². The van der Waals surface area contributed by atoms with Crippen LogP contribution in [0.15, 0.2) is 54.7 Å². The van der Waals surface area contributed by atoms with E-state index in [1.54, 1.807) is 9.80 Å². The molecular formula is C23H25N3O2. The zero-order valence-corrected chi connectivity index (χ0v) is 16.6. The molecule has 1 atom stereocenters. The monoisotopic (exact) mass is 375 g/mol. The molecule has 0 unspecified atom stereocenters. The van der Waals surface area contributed by atoms with Crippen molar-refractivity contribution in [2.45, 2.75) is 19.9 Å². The summed E-state index contributed by atoms with van der Waals surface area (Å²) in [6.45, 7) is 5.30. The van der Waals surface area contributed by atoms with Crippen LogP contribution >= 0.6 is 0 Å². The molecule has 0 fully saturated rings. The standard InChI is InChI=1S/C23H25N3O2/c1-4-25(5-2)21(27)15-26-22(17-11-6-7-12-18(17)23(26)28)19-14-24(3)20-13-9-8-10-16(19)20/h6-14,22H,4-5,15H2,1-3H3/t22-/m0/s1. The highest BCUT2D eigenvalue weighted by Crippen LogP contribution is 2.41. The van der Waals surface area contributed by atoms with E-state index in [4.69, 9.17) is 0 Å². The molecule has 3 aromatic rings. The second-order valence-corrected chi connectivity index (χ2v) is 7.20. The van der Waals surface area contributed by atoms with Crippen molar-refractivity contribution in [2.75, 3.05) is 19.6 Å². The van der Waals surface area contributed by atoms with Gasteiger partial charge in [-0.2, -0.15) is 0 Å². The van der Waals surface area contributed by atoms with Gasteiger partial charge in [0.05, 0.1) is 6.04 Å². The average molecular weight is 375 g/mol. The summed E-state index contributed by atoms with van der Waals surface area (Å²) in [5, 5.41) is 1.11. The number of rotatable bonds is 5. The summed E-state index contributed by atoms with van der Waals surface area (Å²) < 4.78 is 2.08. The van der Waals surface area contributed by atoms with Gasteiger partial charge in [0.1, 0.15) is 6.54 Å². The first kappa shape index (κ1) is 18.3. The molecule has 144 valence electrons. The molecule has 0 aliphatic carbocycles.